The summed E-state index contributed by atoms with van der Waals surface area (Å²) in [4.78, 5) is 11.9. The van der Waals surface area contributed by atoms with E-state index in [4.69, 9.17) is 15.2 Å². The van der Waals surface area contributed by atoms with E-state index in [-0.39, 0.29) is 0 Å². The van der Waals surface area contributed by atoms with E-state index in [1.165, 1.54) is 6.42 Å². The highest BCUT2D eigenvalue weighted by Crippen LogP contribution is 2.44. The van der Waals surface area contributed by atoms with Crippen LogP contribution in [0.5, 0.6) is 5.75 Å². The second-order valence-electron chi connectivity index (χ2n) is 8.29. The lowest BCUT2D eigenvalue weighted by Gasteiger charge is -2.30. The average Bonchev–Trinajstić information content (AvgIpc) is 2.97. The summed E-state index contributed by atoms with van der Waals surface area (Å²) in [6.07, 6.45) is 3.11. The van der Waals surface area contributed by atoms with Gasteiger partial charge in [0, 0.05) is 22.7 Å². The Morgan fingerprint density at radius 1 is 1.20 bits per heavy atom. The molecular weight excluding hydrogens is 378 g/mol. The maximum absolute atomic E-state index is 11.9. The molecule has 1 amide bonds. The molecule has 1 aliphatic rings. The first-order chi connectivity index (χ1) is 14.5. The SMILES string of the molecule is COc1ccc2c(c1)c(N)c(-c1ccc(NC(=O)OCC(C)C)cc1)n2C1CCC1. The van der Waals surface area contributed by atoms with Gasteiger partial charge in [0.2, 0.25) is 0 Å². The minimum Gasteiger partial charge on any atom is -0.497 e. The third kappa shape index (κ3) is 3.82. The molecule has 1 saturated carbocycles. The molecule has 0 saturated heterocycles. The summed E-state index contributed by atoms with van der Waals surface area (Å²) < 4.78 is 13.0. The van der Waals surface area contributed by atoms with E-state index < -0.39 is 6.09 Å². The van der Waals surface area contributed by atoms with Gasteiger partial charge in [-0.15, -0.1) is 0 Å². The number of rotatable bonds is 6. The number of carbonyl (C=O) groups is 1. The van der Waals surface area contributed by atoms with Gasteiger partial charge in [0.1, 0.15) is 5.75 Å². The lowest BCUT2D eigenvalue weighted by atomic mass is 9.92. The number of methoxy groups -OCH3 is 1. The molecular formula is C24H29N3O3. The Morgan fingerprint density at radius 3 is 2.53 bits per heavy atom. The van der Waals surface area contributed by atoms with Crippen LogP contribution in [0.3, 0.4) is 0 Å². The summed E-state index contributed by atoms with van der Waals surface area (Å²) in [5, 5.41) is 3.79. The van der Waals surface area contributed by atoms with Gasteiger partial charge in [0.25, 0.3) is 0 Å². The zero-order chi connectivity index (χ0) is 21.3. The van der Waals surface area contributed by atoms with Crippen molar-refractivity contribution in [3.63, 3.8) is 0 Å². The molecule has 6 heteroatoms. The molecule has 1 fully saturated rings. The van der Waals surface area contributed by atoms with Crippen molar-refractivity contribution in [3.8, 4) is 17.0 Å². The summed E-state index contributed by atoms with van der Waals surface area (Å²) in [7, 11) is 1.67. The Hall–Kier alpha value is -3.15. The quantitative estimate of drug-likeness (QED) is 0.539. The molecule has 1 heterocycles. The summed E-state index contributed by atoms with van der Waals surface area (Å²) in [5.41, 5.74) is 11.3. The molecule has 2 aromatic carbocycles. The number of aromatic nitrogens is 1. The van der Waals surface area contributed by atoms with Gasteiger partial charge in [-0.1, -0.05) is 26.0 Å². The number of ether oxygens (including phenoxy) is 2. The minimum absolute atomic E-state index is 0.299. The van der Waals surface area contributed by atoms with E-state index in [1.807, 2.05) is 50.2 Å². The minimum atomic E-state index is -0.438. The fourth-order valence-corrected chi connectivity index (χ4v) is 3.87. The zero-order valence-corrected chi connectivity index (χ0v) is 17.8. The van der Waals surface area contributed by atoms with Gasteiger partial charge < -0.3 is 19.8 Å². The number of nitrogens with two attached hydrogens (primary N) is 1. The molecule has 1 aromatic heterocycles. The molecule has 30 heavy (non-hydrogen) atoms. The fraction of sp³-hybridized carbons (Fsp3) is 0.375. The predicted molar refractivity (Wildman–Crippen MR) is 121 cm³/mol. The highest BCUT2D eigenvalue weighted by Gasteiger charge is 2.27. The Balaban J connectivity index is 1.67. The third-order valence-corrected chi connectivity index (χ3v) is 5.64. The van der Waals surface area contributed by atoms with E-state index in [1.54, 1.807) is 7.11 Å². The lowest BCUT2D eigenvalue weighted by molar-refractivity contribution is 0.147. The molecule has 0 aliphatic heterocycles. The van der Waals surface area contributed by atoms with E-state index in [2.05, 4.69) is 16.0 Å². The number of benzene rings is 2. The largest absolute Gasteiger partial charge is 0.497 e. The van der Waals surface area contributed by atoms with Crippen LogP contribution in [0.25, 0.3) is 22.2 Å². The average molecular weight is 408 g/mol. The molecule has 0 radical (unpaired) electrons. The number of nitrogen functional groups attached to an aromatic ring is 1. The molecule has 6 nitrogen and oxygen atoms in total. The predicted octanol–water partition coefficient (Wildman–Crippen LogP) is 5.83. The highest BCUT2D eigenvalue weighted by atomic mass is 16.5. The van der Waals surface area contributed by atoms with Crippen molar-refractivity contribution in [1.82, 2.24) is 4.57 Å². The zero-order valence-electron chi connectivity index (χ0n) is 17.8. The van der Waals surface area contributed by atoms with Crippen LogP contribution in [0.4, 0.5) is 16.2 Å². The van der Waals surface area contributed by atoms with Crippen molar-refractivity contribution in [2.45, 2.75) is 39.2 Å². The number of hydrogen-bond donors (Lipinski definition) is 2. The number of anilines is 2. The summed E-state index contributed by atoms with van der Waals surface area (Å²) in [6.45, 7) is 4.40. The number of amides is 1. The van der Waals surface area contributed by atoms with Crippen LogP contribution in [0, 0.1) is 5.92 Å². The van der Waals surface area contributed by atoms with Gasteiger partial charge in [-0.05, 0) is 55.5 Å². The highest BCUT2D eigenvalue weighted by molar-refractivity contribution is 6.02. The Morgan fingerprint density at radius 2 is 1.93 bits per heavy atom. The van der Waals surface area contributed by atoms with Crippen molar-refractivity contribution in [3.05, 3.63) is 42.5 Å². The molecule has 0 bridgehead atoms. The van der Waals surface area contributed by atoms with Crippen LogP contribution in [-0.4, -0.2) is 24.4 Å². The molecule has 3 aromatic rings. The normalized spacial score (nSPS) is 14.0. The van der Waals surface area contributed by atoms with Gasteiger partial charge in [0.15, 0.2) is 0 Å². The van der Waals surface area contributed by atoms with Crippen LogP contribution in [-0.2, 0) is 4.74 Å². The Labute approximate surface area is 177 Å². The van der Waals surface area contributed by atoms with Crippen molar-refractivity contribution in [2.24, 2.45) is 5.92 Å². The van der Waals surface area contributed by atoms with Crippen LogP contribution >= 0.6 is 0 Å². The second-order valence-corrected chi connectivity index (χ2v) is 8.29. The molecule has 4 rings (SSSR count). The molecule has 3 N–H and O–H groups in total. The van der Waals surface area contributed by atoms with Crippen LogP contribution < -0.4 is 15.8 Å². The topological polar surface area (TPSA) is 78.5 Å². The van der Waals surface area contributed by atoms with Gasteiger partial charge >= 0.3 is 6.09 Å². The van der Waals surface area contributed by atoms with Crippen LogP contribution in [0.2, 0.25) is 0 Å². The van der Waals surface area contributed by atoms with Gasteiger partial charge in [-0.25, -0.2) is 4.79 Å². The van der Waals surface area contributed by atoms with Gasteiger partial charge in [0.05, 0.1) is 30.6 Å². The van der Waals surface area contributed by atoms with Crippen molar-refractivity contribution in [2.75, 3.05) is 24.8 Å². The number of carbonyl (C=O) groups excluding carboxylic acids is 1. The smallest absolute Gasteiger partial charge is 0.411 e. The van der Waals surface area contributed by atoms with Crippen LogP contribution in [0.15, 0.2) is 42.5 Å². The Bertz CT molecular complexity index is 1050. The lowest BCUT2D eigenvalue weighted by Crippen LogP contribution is -2.18. The van der Waals surface area contributed by atoms with Crippen LogP contribution in [0.1, 0.15) is 39.2 Å². The maximum Gasteiger partial charge on any atom is 0.411 e. The number of nitrogens with one attached hydrogen (secondary N) is 1. The second kappa shape index (κ2) is 8.30. The maximum atomic E-state index is 11.9. The van der Waals surface area contributed by atoms with E-state index in [0.717, 1.165) is 46.4 Å². The summed E-state index contributed by atoms with van der Waals surface area (Å²) in [6, 6.07) is 14.3. The van der Waals surface area contributed by atoms with Crippen molar-refractivity contribution < 1.29 is 14.3 Å². The number of fused-ring (bicyclic) bond motifs is 1. The molecule has 158 valence electrons. The van der Waals surface area contributed by atoms with E-state index >= 15 is 0 Å². The standard InChI is InChI=1S/C24H29N3O3/c1-15(2)14-30-24(28)26-17-9-7-16(8-10-17)23-22(25)20-13-19(29-3)11-12-21(20)27(23)18-5-4-6-18/h7-13,15,18H,4-6,14,25H2,1-3H3,(H,26,28). The number of hydrogen-bond acceptors (Lipinski definition) is 4. The van der Waals surface area contributed by atoms with E-state index in [0.29, 0.717) is 24.3 Å². The molecule has 0 spiro atoms. The monoisotopic (exact) mass is 407 g/mol. The van der Waals surface area contributed by atoms with Crippen molar-refractivity contribution >= 4 is 28.4 Å². The van der Waals surface area contributed by atoms with Gasteiger partial charge in [-0.2, -0.15) is 0 Å². The third-order valence-electron chi connectivity index (χ3n) is 5.64. The fourth-order valence-electron chi connectivity index (χ4n) is 3.87. The summed E-state index contributed by atoms with van der Waals surface area (Å²) >= 11 is 0. The molecule has 1 aliphatic carbocycles. The Kier molecular flexibility index (Phi) is 5.57. The summed E-state index contributed by atoms with van der Waals surface area (Å²) in [5.74, 6) is 1.10. The van der Waals surface area contributed by atoms with Crippen molar-refractivity contribution in [1.29, 1.82) is 0 Å². The molecule has 0 atom stereocenters. The van der Waals surface area contributed by atoms with Gasteiger partial charge in [-0.3, -0.25) is 5.32 Å². The molecule has 0 unspecified atom stereocenters. The first-order valence-corrected chi connectivity index (χ1v) is 10.5. The number of nitrogens with zero attached hydrogens (tertiary/aromatic N) is 1. The van der Waals surface area contributed by atoms with E-state index in [9.17, 15) is 4.79 Å². The first-order valence-electron chi connectivity index (χ1n) is 10.5. The first kappa shape index (κ1) is 20.1.